The number of hydrogen-bond donors (Lipinski definition) is 1. The number of hydrogen-bond acceptors (Lipinski definition) is 3. The largest absolute Gasteiger partial charge is 0.506 e. The van der Waals surface area contributed by atoms with E-state index in [0.29, 0.717) is 5.02 Å². The van der Waals surface area contributed by atoms with E-state index in [1.54, 1.807) is 7.05 Å². The minimum absolute atomic E-state index is 0.278. The SMILES string of the molecule is C/N=C(\C)c1csc(-c2cccc(Cl)c2)c1O. The molecule has 1 aromatic carbocycles. The molecular weight excluding hydrogens is 254 g/mol. The molecule has 0 saturated carbocycles. The fourth-order valence-electron chi connectivity index (χ4n) is 1.56. The van der Waals surface area contributed by atoms with Gasteiger partial charge in [-0.25, -0.2) is 0 Å². The molecule has 2 rings (SSSR count). The van der Waals surface area contributed by atoms with Gasteiger partial charge in [-0.05, 0) is 24.6 Å². The maximum absolute atomic E-state index is 10.2. The smallest absolute Gasteiger partial charge is 0.143 e. The predicted molar refractivity (Wildman–Crippen MR) is 74.6 cm³/mol. The highest BCUT2D eigenvalue weighted by atomic mass is 35.5. The quantitative estimate of drug-likeness (QED) is 0.811. The van der Waals surface area contributed by atoms with E-state index >= 15 is 0 Å². The molecule has 17 heavy (non-hydrogen) atoms. The zero-order valence-corrected chi connectivity index (χ0v) is 11.1. The van der Waals surface area contributed by atoms with Crippen LogP contribution in [0.5, 0.6) is 5.75 Å². The van der Waals surface area contributed by atoms with Gasteiger partial charge in [-0.1, -0.05) is 23.7 Å². The molecule has 0 aliphatic heterocycles. The molecule has 1 heterocycles. The highest BCUT2D eigenvalue weighted by molar-refractivity contribution is 7.14. The Hall–Kier alpha value is -1.32. The van der Waals surface area contributed by atoms with Gasteiger partial charge in [-0.3, -0.25) is 4.99 Å². The van der Waals surface area contributed by atoms with Crippen LogP contribution in [0.2, 0.25) is 5.02 Å². The molecule has 2 aromatic rings. The molecule has 1 aromatic heterocycles. The van der Waals surface area contributed by atoms with E-state index in [-0.39, 0.29) is 5.75 Å². The molecular formula is C13H12ClNOS. The fraction of sp³-hybridized carbons (Fsp3) is 0.154. The summed E-state index contributed by atoms with van der Waals surface area (Å²) in [4.78, 5) is 4.91. The minimum atomic E-state index is 0.278. The summed E-state index contributed by atoms with van der Waals surface area (Å²) in [5, 5.41) is 12.7. The lowest BCUT2D eigenvalue weighted by molar-refractivity contribution is 0.478. The van der Waals surface area contributed by atoms with Gasteiger partial charge in [0.2, 0.25) is 0 Å². The Labute approximate surface area is 109 Å². The van der Waals surface area contributed by atoms with E-state index in [0.717, 1.165) is 21.7 Å². The Morgan fingerprint density at radius 3 is 2.82 bits per heavy atom. The molecule has 0 spiro atoms. The molecule has 0 aliphatic rings. The van der Waals surface area contributed by atoms with E-state index in [9.17, 15) is 5.11 Å². The first-order valence-electron chi connectivity index (χ1n) is 5.13. The van der Waals surface area contributed by atoms with Crippen LogP contribution in [0.4, 0.5) is 0 Å². The molecule has 0 atom stereocenters. The van der Waals surface area contributed by atoms with Crippen molar-refractivity contribution in [3.05, 3.63) is 40.2 Å². The maximum Gasteiger partial charge on any atom is 0.143 e. The van der Waals surface area contributed by atoms with Gasteiger partial charge in [0.1, 0.15) is 5.75 Å². The molecule has 0 unspecified atom stereocenters. The van der Waals surface area contributed by atoms with Gasteiger partial charge in [-0.15, -0.1) is 11.3 Å². The van der Waals surface area contributed by atoms with Crippen LogP contribution in [0.15, 0.2) is 34.6 Å². The summed E-state index contributed by atoms with van der Waals surface area (Å²) < 4.78 is 0. The molecule has 0 aliphatic carbocycles. The third kappa shape index (κ3) is 2.35. The van der Waals surface area contributed by atoms with Crippen molar-refractivity contribution in [3.63, 3.8) is 0 Å². The van der Waals surface area contributed by atoms with Crippen molar-refractivity contribution >= 4 is 28.6 Å². The van der Waals surface area contributed by atoms with Crippen molar-refractivity contribution in [3.8, 4) is 16.2 Å². The first-order chi connectivity index (χ1) is 8.13. The third-order valence-corrected chi connectivity index (χ3v) is 3.83. The second-order valence-corrected chi connectivity index (χ2v) is 4.96. The summed E-state index contributed by atoms with van der Waals surface area (Å²) in [6.45, 7) is 1.88. The fourth-order valence-corrected chi connectivity index (χ4v) is 2.76. The topological polar surface area (TPSA) is 32.6 Å². The predicted octanol–water partition coefficient (Wildman–Crippen LogP) is 4.21. The van der Waals surface area contributed by atoms with Crippen molar-refractivity contribution in [2.75, 3.05) is 7.05 Å². The second-order valence-electron chi connectivity index (χ2n) is 3.65. The standard InChI is InChI=1S/C13H12ClNOS/c1-8(15-2)11-7-17-13(12(11)16)9-4-3-5-10(14)6-9/h3-7,16H,1-2H3/b15-8+. The van der Waals surface area contributed by atoms with Gasteiger partial charge in [0, 0.05) is 28.7 Å². The first-order valence-corrected chi connectivity index (χ1v) is 6.39. The van der Waals surface area contributed by atoms with Crippen molar-refractivity contribution in [2.45, 2.75) is 6.92 Å². The first kappa shape index (κ1) is 12.1. The van der Waals surface area contributed by atoms with Gasteiger partial charge in [0.25, 0.3) is 0 Å². The van der Waals surface area contributed by atoms with Crippen LogP contribution < -0.4 is 0 Å². The van der Waals surface area contributed by atoms with Crippen LogP contribution in [-0.4, -0.2) is 17.9 Å². The van der Waals surface area contributed by atoms with E-state index < -0.39 is 0 Å². The van der Waals surface area contributed by atoms with Crippen LogP contribution in [-0.2, 0) is 0 Å². The van der Waals surface area contributed by atoms with Gasteiger partial charge in [0.05, 0.1) is 4.88 Å². The van der Waals surface area contributed by atoms with Crippen molar-refractivity contribution in [2.24, 2.45) is 4.99 Å². The normalized spacial score (nSPS) is 11.8. The zero-order valence-electron chi connectivity index (χ0n) is 9.57. The minimum Gasteiger partial charge on any atom is -0.506 e. The number of rotatable bonds is 2. The second kappa shape index (κ2) is 4.90. The lowest BCUT2D eigenvalue weighted by Crippen LogP contribution is -1.91. The Bertz CT molecular complexity index is 575. The van der Waals surface area contributed by atoms with Gasteiger partial charge in [0.15, 0.2) is 0 Å². The Morgan fingerprint density at radius 2 is 2.18 bits per heavy atom. The number of thiophene rings is 1. The number of benzene rings is 1. The zero-order chi connectivity index (χ0) is 12.4. The molecule has 0 amide bonds. The average molecular weight is 266 g/mol. The lowest BCUT2D eigenvalue weighted by Gasteiger charge is -2.01. The summed E-state index contributed by atoms with van der Waals surface area (Å²) in [6.07, 6.45) is 0. The Kier molecular flexibility index (Phi) is 3.50. The summed E-state index contributed by atoms with van der Waals surface area (Å²) in [6, 6.07) is 7.46. The summed E-state index contributed by atoms with van der Waals surface area (Å²) >= 11 is 7.44. The number of aliphatic imine (C=N–C) groups is 1. The molecule has 0 fully saturated rings. The number of halogens is 1. The van der Waals surface area contributed by atoms with E-state index in [1.165, 1.54) is 11.3 Å². The highest BCUT2D eigenvalue weighted by Crippen LogP contribution is 2.39. The summed E-state index contributed by atoms with van der Waals surface area (Å²) in [5.41, 5.74) is 2.54. The molecule has 0 bridgehead atoms. The van der Waals surface area contributed by atoms with Crippen molar-refractivity contribution in [1.82, 2.24) is 0 Å². The number of aromatic hydroxyl groups is 1. The Morgan fingerprint density at radius 1 is 1.41 bits per heavy atom. The van der Waals surface area contributed by atoms with E-state index in [1.807, 2.05) is 36.6 Å². The Balaban J connectivity index is 2.51. The van der Waals surface area contributed by atoms with Gasteiger partial charge < -0.3 is 5.11 Å². The monoisotopic (exact) mass is 265 g/mol. The van der Waals surface area contributed by atoms with Crippen LogP contribution in [0.1, 0.15) is 12.5 Å². The average Bonchev–Trinajstić information content (AvgIpc) is 2.70. The molecule has 4 heteroatoms. The number of nitrogens with zero attached hydrogens (tertiary/aromatic N) is 1. The van der Waals surface area contributed by atoms with E-state index in [4.69, 9.17) is 11.6 Å². The highest BCUT2D eigenvalue weighted by Gasteiger charge is 2.14. The third-order valence-electron chi connectivity index (χ3n) is 2.58. The lowest BCUT2D eigenvalue weighted by atomic mass is 10.1. The van der Waals surface area contributed by atoms with E-state index in [2.05, 4.69) is 4.99 Å². The van der Waals surface area contributed by atoms with Crippen molar-refractivity contribution in [1.29, 1.82) is 0 Å². The summed E-state index contributed by atoms with van der Waals surface area (Å²) in [7, 11) is 1.71. The van der Waals surface area contributed by atoms with Gasteiger partial charge >= 0.3 is 0 Å². The van der Waals surface area contributed by atoms with Crippen LogP contribution >= 0.6 is 22.9 Å². The van der Waals surface area contributed by atoms with Crippen LogP contribution in [0.25, 0.3) is 10.4 Å². The summed E-state index contributed by atoms with van der Waals surface area (Å²) in [5.74, 6) is 0.278. The molecule has 1 N–H and O–H groups in total. The van der Waals surface area contributed by atoms with Gasteiger partial charge in [-0.2, -0.15) is 0 Å². The van der Waals surface area contributed by atoms with Crippen LogP contribution in [0, 0.1) is 0 Å². The molecule has 0 saturated heterocycles. The maximum atomic E-state index is 10.2. The molecule has 0 radical (unpaired) electrons. The van der Waals surface area contributed by atoms with Crippen LogP contribution in [0.3, 0.4) is 0 Å². The molecule has 88 valence electrons. The molecule has 2 nitrogen and oxygen atoms in total. The van der Waals surface area contributed by atoms with Crippen molar-refractivity contribution < 1.29 is 5.11 Å².